The summed E-state index contributed by atoms with van der Waals surface area (Å²) in [5.41, 5.74) is 1.61. The number of pyridine rings is 1. The van der Waals surface area contributed by atoms with Crippen molar-refractivity contribution in [1.29, 1.82) is 0 Å². The Morgan fingerprint density at radius 3 is 2.55 bits per heavy atom. The van der Waals surface area contributed by atoms with Crippen molar-refractivity contribution in [3.05, 3.63) is 72.2 Å². The van der Waals surface area contributed by atoms with Crippen molar-refractivity contribution in [1.82, 2.24) is 9.71 Å². The summed E-state index contributed by atoms with van der Waals surface area (Å²) in [6.45, 7) is 0.123. The summed E-state index contributed by atoms with van der Waals surface area (Å²) in [6, 6.07) is 14.2. The number of aromatic nitrogens is 1. The maximum atomic E-state index is 12.9. The molecule has 22 heavy (non-hydrogen) atoms. The first-order valence-electron chi connectivity index (χ1n) is 6.63. The number of para-hydroxylation sites is 1. The highest BCUT2D eigenvalue weighted by Crippen LogP contribution is 2.14. The molecule has 3 aromatic rings. The fourth-order valence-electron chi connectivity index (χ4n) is 2.09. The molecule has 0 saturated carbocycles. The standard InChI is InChI=1S/C16H13FN2O2S/c17-14-5-7-15(8-6-14)22(20,21)19-11-12-9-13-3-1-2-4-16(13)18-10-12/h1-10,19H,11H2. The second kappa shape index (κ2) is 5.82. The highest BCUT2D eigenvalue weighted by molar-refractivity contribution is 7.89. The molecule has 0 aliphatic heterocycles. The normalized spacial score (nSPS) is 11.7. The number of halogens is 1. The van der Waals surface area contributed by atoms with Gasteiger partial charge in [0.1, 0.15) is 5.82 Å². The third-order valence-electron chi connectivity index (χ3n) is 3.24. The van der Waals surface area contributed by atoms with E-state index in [1.165, 1.54) is 12.1 Å². The Kier molecular flexibility index (Phi) is 3.87. The summed E-state index contributed by atoms with van der Waals surface area (Å²) in [5, 5.41) is 0.945. The van der Waals surface area contributed by atoms with E-state index in [0.29, 0.717) is 0 Å². The zero-order valence-electron chi connectivity index (χ0n) is 11.5. The van der Waals surface area contributed by atoms with Crippen LogP contribution in [0.1, 0.15) is 5.56 Å². The Hall–Kier alpha value is -2.31. The predicted molar refractivity (Wildman–Crippen MR) is 82.2 cm³/mol. The number of hydrogen-bond acceptors (Lipinski definition) is 3. The molecule has 0 atom stereocenters. The van der Waals surface area contributed by atoms with Crippen LogP contribution in [0.25, 0.3) is 10.9 Å². The van der Waals surface area contributed by atoms with Gasteiger partial charge in [0, 0.05) is 18.1 Å². The van der Waals surface area contributed by atoms with E-state index in [0.717, 1.165) is 28.6 Å². The molecule has 2 aromatic carbocycles. The molecule has 112 valence electrons. The summed E-state index contributed by atoms with van der Waals surface area (Å²) in [6.07, 6.45) is 1.63. The molecule has 0 radical (unpaired) electrons. The maximum Gasteiger partial charge on any atom is 0.240 e. The molecular weight excluding hydrogens is 303 g/mol. The molecule has 4 nitrogen and oxygen atoms in total. The number of nitrogens with one attached hydrogen (secondary N) is 1. The number of benzene rings is 2. The van der Waals surface area contributed by atoms with Crippen molar-refractivity contribution >= 4 is 20.9 Å². The average Bonchev–Trinajstić information content (AvgIpc) is 2.53. The van der Waals surface area contributed by atoms with Gasteiger partial charge in [-0.15, -0.1) is 0 Å². The van der Waals surface area contributed by atoms with Gasteiger partial charge in [0.05, 0.1) is 10.4 Å². The van der Waals surface area contributed by atoms with E-state index in [-0.39, 0.29) is 11.4 Å². The van der Waals surface area contributed by atoms with Gasteiger partial charge < -0.3 is 0 Å². The minimum atomic E-state index is -3.67. The molecular formula is C16H13FN2O2S. The Bertz CT molecular complexity index is 909. The fourth-order valence-corrected chi connectivity index (χ4v) is 3.11. The van der Waals surface area contributed by atoms with Gasteiger partial charge in [0.25, 0.3) is 0 Å². The second-order valence-corrected chi connectivity index (χ2v) is 6.58. The first-order valence-corrected chi connectivity index (χ1v) is 8.12. The van der Waals surface area contributed by atoms with Gasteiger partial charge in [-0.2, -0.15) is 0 Å². The van der Waals surface area contributed by atoms with Gasteiger partial charge in [-0.05, 0) is 42.0 Å². The molecule has 0 saturated heterocycles. The molecule has 0 unspecified atom stereocenters. The summed E-state index contributed by atoms with van der Waals surface area (Å²) >= 11 is 0. The lowest BCUT2D eigenvalue weighted by Gasteiger charge is -2.07. The van der Waals surface area contributed by atoms with Crippen molar-refractivity contribution in [2.45, 2.75) is 11.4 Å². The molecule has 3 rings (SSSR count). The summed E-state index contributed by atoms with van der Waals surface area (Å²) in [7, 11) is -3.67. The molecule has 0 amide bonds. The minimum Gasteiger partial charge on any atom is -0.256 e. The van der Waals surface area contributed by atoms with E-state index in [1.807, 2.05) is 30.3 Å². The Balaban J connectivity index is 1.79. The summed E-state index contributed by atoms with van der Waals surface area (Å²) < 4.78 is 39.6. The molecule has 1 heterocycles. The third kappa shape index (κ3) is 3.13. The van der Waals surface area contributed by atoms with Crippen LogP contribution < -0.4 is 4.72 Å². The summed E-state index contributed by atoms with van der Waals surface area (Å²) in [4.78, 5) is 4.31. The lowest BCUT2D eigenvalue weighted by Crippen LogP contribution is -2.23. The van der Waals surface area contributed by atoms with Gasteiger partial charge in [0.15, 0.2) is 0 Å². The number of sulfonamides is 1. The second-order valence-electron chi connectivity index (χ2n) is 4.81. The number of hydrogen-bond donors (Lipinski definition) is 1. The van der Waals surface area contributed by atoms with Crippen LogP contribution in [-0.2, 0) is 16.6 Å². The molecule has 0 aliphatic rings. The van der Waals surface area contributed by atoms with Gasteiger partial charge in [0.2, 0.25) is 10.0 Å². The van der Waals surface area contributed by atoms with Gasteiger partial charge in [-0.1, -0.05) is 18.2 Å². The predicted octanol–water partition coefficient (Wildman–Crippen LogP) is 2.85. The molecule has 6 heteroatoms. The van der Waals surface area contributed by atoms with Crippen LogP contribution in [0.15, 0.2) is 65.7 Å². The van der Waals surface area contributed by atoms with Crippen molar-refractivity contribution in [2.24, 2.45) is 0 Å². The van der Waals surface area contributed by atoms with Crippen LogP contribution in [0.3, 0.4) is 0 Å². The highest BCUT2D eigenvalue weighted by Gasteiger charge is 2.13. The number of fused-ring (bicyclic) bond motifs is 1. The van der Waals surface area contributed by atoms with Gasteiger partial charge in [-0.3, -0.25) is 4.98 Å². The van der Waals surface area contributed by atoms with E-state index in [2.05, 4.69) is 9.71 Å². The fraction of sp³-hybridized carbons (Fsp3) is 0.0625. The maximum absolute atomic E-state index is 12.9. The molecule has 0 fully saturated rings. The Labute approximate surface area is 127 Å². The quantitative estimate of drug-likeness (QED) is 0.805. The smallest absolute Gasteiger partial charge is 0.240 e. The van der Waals surface area contributed by atoms with Crippen molar-refractivity contribution in [2.75, 3.05) is 0 Å². The van der Waals surface area contributed by atoms with E-state index in [1.54, 1.807) is 6.20 Å². The van der Waals surface area contributed by atoms with Crippen LogP contribution in [0.5, 0.6) is 0 Å². The van der Waals surface area contributed by atoms with E-state index in [4.69, 9.17) is 0 Å². The minimum absolute atomic E-state index is 0.0302. The molecule has 0 aliphatic carbocycles. The summed E-state index contributed by atoms with van der Waals surface area (Å²) in [5.74, 6) is -0.474. The molecule has 1 aromatic heterocycles. The van der Waals surface area contributed by atoms with Crippen LogP contribution in [0, 0.1) is 5.82 Å². The van der Waals surface area contributed by atoms with Crippen LogP contribution in [0.4, 0.5) is 4.39 Å². The third-order valence-corrected chi connectivity index (χ3v) is 4.65. The average molecular weight is 316 g/mol. The van der Waals surface area contributed by atoms with E-state index >= 15 is 0 Å². The van der Waals surface area contributed by atoms with E-state index in [9.17, 15) is 12.8 Å². The molecule has 0 spiro atoms. The molecule has 0 bridgehead atoms. The number of nitrogens with zero attached hydrogens (tertiary/aromatic N) is 1. The largest absolute Gasteiger partial charge is 0.256 e. The highest BCUT2D eigenvalue weighted by atomic mass is 32.2. The Morgan fingerprint density at radius 2 is 1.77 bits per heavy atom. The first kappa shape index (κ1) is 14.6. The van der Waals surface area contributed by atoms with Crippen molar-refractivity contribution in [3.63, 3.8) is 0 Å². The lowest BCUT2D eigenvalue weighted by atomic mass is 10.2. The zero-order chi connectivity index (χ0) is 15.6. The SMILES string of the molecule is O=S(=O)(NCc1cnc2ccccc2c1)c1ccc(F)cc1. The van der Waals surface area contributed by atoms with Crippen LogP contribution >= 0.6 is 0 Å². The van der Waals surface area contributed by atoms with E-state index < -0.39 is 15.8 Å². The number of rotatable bonds is 4. The van der Waals surface area contributed by atoms with Crippen molar-refractivity contribution < 1.29 is 12.8 Å². The molecule has 1 N–H and O–H groups in total. The van der Waals surface area contributed by atoms with Crippen molar-refractivity contribution in [3.8, 4) is 0 Å². The lowest BCUT2D eigenvalue weighted by molar-refractivity contribution is 0.580. The first-order chi connectivity index (χ1) is 10.5. The van der Waals surface area contributed by atoms with Crippen LogP contribution in [0.2, 0.25) is 0 Å². The van der Waals surface area contributed by atoms with Gasteiger partial charge in [-0.25, -0.2) is 17.5 Å². The Morgan fingerprint density at radius 1 is 1.05 bits per heavy atom. The topological polar surface area (TPSA) is 59.1 Å². The van der Waals surface area contributed by atoms with Crippen LogP contribution in [-0.4, -0.2) is 13.4 Å². The van der Waals surface area contributed by atoms with Gasteiger partial charge >= 0.3 is 0 Å². The monoisotopic (exact) mass is 316 g/mol. The zero-order valence-corrected chi connectivity index (χ0v) is 12.3.